The Bertz CT molecular complexity index is 409. The minimum Gasteiger partial charge on any atom is -0.467 e. The summed E-state index contributed by atoms with van der Waals surface area (Å²) in [7, 11) is 1.35. The van der Waals surface area contributed by atoms with Gasteiger partial charge in [0, 0.05) is 0 Å². The van der Waals surface area contributed by atoms with E-state index in [4.69, 9.17) is 4.74 Å². The number of esters is 1. The third-order valence-corrected chi connectivity index (χ3v) is 3.10. The molecule has 0 aromatic heterocycles. The number of anilines is 1. The molecule has 18 heavy (non-hydrogen) atoms. The molecule has 0 heterocycles. The van der Waals surface area contributed by atoms with Crippen molar-refractivity contribution in [3.05, 3.63) is 30.1 Å². The number of hydrogen-bond acceptors (Lipinski definition) is 3. The Morgan fingerprint density at radius 2 is 2.06 bits per heavy atom. The number of nitrogens with one attached hydrogen (secondary N) is 1. The predicted octanol–water partition coefficient (Wildman–Crippen LogP) is 3.36. The lowest BCUT2D eigenvalue weighted by atomic mass is 9.90. The van der Waals surface area contributed by atoms with E-state index >= 15 is 0 Å². The van der Waals surface area contributed by atoms with Crippen molar-refractivity contribution < 1.29 is 13.9 Å². The molecule has 4 heteroatoms. The van der Waals surface area contributed by atoms with Gasteiger partial charge in [-0.1, -0.05) is 32.4 Å². The van der Waals surface area contributed by atoms with Crippen molar-refractivity contribution in [1.29, 1.82) is 0 Å². The highest BCUT2D eigenvalue weighted by molar-refractivity contribution is 5.84. The van der Waals surface area contributed by atoms with Gasteiger partial charge in [0.15, 0.2) is 0 Å². The molecule has 0 amide bonds. The molecule has 0 saturated heterocycles. The Balaban J connectivity index is 3.04. The average Bonchev–Trinajstić information content (AvgIpc) is 2.39. The topological polar surface area (TPSA) is 38.3 Å². The maximum absolute atomic E-state index is 13.6. The molecule has 0 aliphatic carbocycles. The summed E-state index contributed by atoms with van der Waals surface area (Å²) in [5, 5.41) is 3.01. The lowest BCUT2D eigenvalue weighted by Crippen LogP contribution is -2.46. The van der Waals surface area contributed by atoms with Gasteiger partial charge < -0.3 is 10.1 Å². The van der Waals surface area contributed by atoms with Gasteiger partial charge in [-0.3, -0.25) is 0 Å². The molecule has 1 N–H and O–H groups in total. The van der Waals surface area contributed by atoms with Gasteiger partial charge in [0.1, 0.15) is 11.4 Å². The standard InChI is InChI=1S/C14H20FNO2/c1-4-10-14(5-2,13(17)18-3)16-12-9-7-6-8-11(12)15/h6-9,16H,4-5,10H2,1-3H3. The molecule has 1 aromatic carbocycles. The molecule has 0 bridgehead atoms. The number of benzene rings is 1. The first-order valence-corrected chi connectivity index (χ1v) is 6.20. The zero-order valence-corrected chi connectivity index (χ0v) is 11.1. The summed E-state index contributed by atoms with van der Waals surface area (Å²) in [6, 6.07) is 6.34. The molecule has 1 atom stereocenters. The summed E-state index contributed by atoms with van der Waals surface area (Å²) in [5.74, 6) is -0.717. The normalized spacial score (nSPS) is 13.8. The van der Waals surface area contributed by atoms with E-state index in [1.807, 2.05) is 13.8 Å². The van der Waals surface area contributed by atoms with E-state index in [9.17, 15) is 9.18 Å². The Kier molecular flexibility index (Phi) is 5.13. The molecular weight excluding hydrogens is 233 g/mol. The van der Waals surface area contributed by atoms with Crippen LogP contribution in [0.25, 0.3) is 0 Å². The Labute approximate surface area is 107 Å². The fourth-order valence-electron chi connectivity index (χ4n) is 2.07. The van der Waals surface area contributed by atoms with Crippen LogP contribution in [0.15, 0.2) is 24.3 Å². The molecule has 0 aliphatic rings. The SMILES string of the molecule is CCCC(CC)(Nc1ccccc1F)C(=O)OC. The van der Waals surface area contributed by atoms with Gasteiger partial charge in [-0.15, -0.1) is 0 Å². The van der Waals surface area contributed by atoms with E-state index in [1.54, 1.807) is 18.2 Å². The molecule has 1 unspecified atom stereocenters. The van der Waals surface area contributed by atoms with Crippen molar-refractivity contribution in [2.75, 3.05) is 12.4 Å². The number of halogens is 1. The molecule has 0 saturated carbocycles. The van der Waals surface area contributed by atoms with Crippen LogP contribution in [0, 0.1) is 5.82 Å². The van der Waals surface area contributed by atoms with Crippen LogP contribution in [0.4, 0.5) is 10.1 Å². The van der Waals surface area contributed by atoms with Gasteiger partial charge in [-0.25, -0.2) is 9.18 Å². The smallest absolute Gasteiger partial charge is 0.331 e. The average molecular weight is 253 g/mol. The largest absolute Gasteiger partial charge is 0.467 e. The van der Waals surface area contributed by atoms with Crippen LogP contribution >= 0.6 is 0 Å². The summed E-state index contributed by atoms with van der Waals surface area (Å²) < 4.78 is 18.5. The van der Waals surface area contributed by atoms with E-state index in [0.717, 1.165) is 6.42 Å². The lowest BCUT2D eigenvalue weighted by Gasteiger charge is -2.31. The van der Waals surface area contributed by atoms with Gasteiger partial charge in [0.25, 0.3) is 0 Å². The number of carbonyl (C=O) groups is 1. The lowest BCUT2D eigenvalue weighted by molar-refractivity contribution is -0.146. The molecule has 0 spiro atoms. The van der Waals surface area contributed by atoms with E-state index in [-0.39, 0.29) is 11.8 Å². The number of para-hydroxylation sites is 1. The highest BCUT2D eigenvalue weighted by Crippen LogP contribution is 2.26. The minimum absolute atomic E-state index is 0.332. The zero-order chi connectivity index (χ0) is 13.6. The first kappa shape index (κ1) is 14.5. The van der Waals surface area contributed by atoms with Crippen molar-refractivity contribution in [2.45, 2.75) is 38.6 Å². The number of carbonyl (C=O) groups excluding carboxylic acids is 1. The summed E-state index contributed by atoms with van der Waals surface area (Å²) in [4.78, 5) is 12.0. The summed E-state index contributed by atoms with van der Waals surface area (Å²) >= 11 is 0. The highest BCUT2D eigenvalue weighted by atomic mass is 19.1. The number of methoxy groups -OCH3 is 1. The van der Waals surface area contributed by atoms with Crippen LogP contribution in [0.1, 0.15) is 33.1 Å². The van der Waals surface area contributed by atoms with Gasteiger partial charge in [-0.05, 0) is 25.0 Å². The van der Waals surface area contributed by atoms with Gasteiger partial charge in [0.2, 0.25) is 0 Å². The number of ether oxygens (including phenoxy) is 1. The van der Waals surface area contributed by atoms with Gasteiger partial charge in [0.05, 0.1) is 12.8 Å². The van der Waals surface area contributed by atoms with Crippen LogP contribution < -0.4 is 5.32 Å². The quantitative estimate of drug-likeness (QED) is 0.790. The van der Waals surface area contributed by atoms with Crippen LogP contribution in [-0.4, -0.2) is 18.6 Å². The van der Waals surface area contributed by atoms with E-state index in [1.165, 1.54) is 13.2 Å². The van der Waals surface area contributed by atoms with Crippen molar-refractivity contribution >= 4 is 11.7 Å². The predicted molar refractivity (Wildman–Crippen MR) is 70.0 cm³/mol. The fraction of sp³-hybridized carbons (Fsp3) is 0.500. The monoisotopic (exact) mass is 253 g/mol. The van der Waals surface area contributed by atoms with Crippen LogP contribution in [0.3, 0.4) is 0 Å². The third kappa shape index (κ3) is 3.00. The zero-order valence-electron chi connectivity index (χ0n) is 11.1. The third-order valence-electron chi connectivity index (χ3n) is 3.10. The minimum atomic E-state index is -0.855. The van der Waals surface area contributed by atoms with E-state index < -0.39 is 5.54 Å². The molecule has 1 aromatic rings. The molecule has 3 nitrogen and oxygen atoms in total. The summed E-state index contributed by atoms with van der Waals surface area (Å²) in [6.07, 6.45) is 1.96. The van der Waals surface area contributed by atoms with Crippen LogP contribution in [-0.2, 0) is 9.53 Å². The van der Waals surface area contributed by atoms with Crippen molar-refractivity contribution in [3.8, 4) is 0 Å². The van der Waals surface area contributed by atoms with Crippen molar-refractivity contribution in [3.63, 3.8) is 0 Å². The van der Waals surface area contributed by atoms with Crippen molar-refractivity contribution in [1.82, 2.24) is 0 Å². The first-order chi connectivity index (χ1) is 8.59. The molecule has 1 rings (SSSR count). The Morgan fingerprint density at radius 1 is 1.39 bits per heavy atom. The fourth-order valence-corrected chi connectivity index (χ4v) is 2.07. The summed E-state index contributed by atoms with van der Waals surface area (Å²) in [5.41, 5.74) is -0.524. The maximum Gasteiger partial charge on any atom is 0.331 e. The Hall–Kier alpha value is -1.58. The van der Waals surface area contributed by atoms with Crippen molar-refractivity contribution in [2.24, 2.45) is 0 Å². The number of rotatable bonds is 6. The molecule has 0 fully saturated rings. The van der Waals surface area contributed by atoms with E-state index in [0.29, 0.717) is 18.5 Å². The van der Waals surface area contributed by atoms with Crippen LogP contribution in [0.5, 0.6) is 0 Å². The second-order valence-electron chi connectivity index (χ2n) is 4.28. The maximum atomic E-state index is 13.6. The summed E-state index contributed by atoms with van der Waals surface area (Å²) in [6.45, 7) is 3.87. The van der Waals surface area contributed by atoms with Gasteiger partial charge >= 0.3 is 5.97 Å². The second-order valence-corrected chi connectivity index (χ2v) is 4.28. The molecular formula is C14H20FNO2. The molecule has 0 radical (unpaired) electrons. The number of hydrogen-bond donors (Lipinski definition) is 1. The first-order valence-electron chi connectivity index (χ1n) is 6.20. The molecule has 0 aliphatic heterocycles. The van der Waals surface area contributed by atoms with Crippen LogP contribution in [0.2, 0.25) is 0 Å². The van der Waals surface area contributed by atoms with E-state index in [2.05, 4.69) is 5.32 Å². The Morgan fingerprint density at radius 3 is 2.56 bits per heavy atom. The molecule has 100 valence electrons. The van der Waals surface area contributed by atoms with Gasteiger partial charge in [-0.2, -0.15) is 0 Å². The highest BCUT2D eigenvalue weighted by Gasteiger charge is 2.37. The second kappa shape index (κ2) is 6.38.